The Morgan fingerprint density at radius 2 is 1.83 bits per heavy atom. The monoisotopic (exact) mass is 429 g/mol. The van der Waals surface area contributed by atoms with Gasteiger partial charge in [0.25, 0.3) is 5.56 Å². The molecule has 0 aliphatic heterocycles. The molecule has 3 aromatic rings. The number of rotatable bonds is 6. The Labute approximate surface area is 175 Å². The normalized spacial score (nSPS) is 14.1. The number of hydrogen-bond donors (Lipinski definition) is 0. The van der Waals surface area contributed by atoms with Gasteiger partial charge >= 0.3 is 0 Å². The smallest absolute Gasteiger partial charge is 0.283 e. The molecule has 0 spiro atoms. The first-order valence-corrected chi connectivity index (χ1v) is 11.4. The second-order valence-corrected chi connectivity index (χ2v) is 9.76. The molecule has 1 fully saturated rings. The van der Waals surface area contributed by atoms with Crippen LogP contribution in [0, 0.1) is 12.7 Å². The fourth-order valence-corrected chi connectivity index (χ4v) is 5.03. The van der Waals surface area contributed by atoms with E-state index in [0.29, 0.717) is 17.3 Å². The highest BCUT2D eigenvalue weighted by atomic mass is 32.2. The number of halogens is 1. The summed E-state index contributed by atoms with van der Waals surface area (Å²) >= 11 is 0. The zero-order valence-electron chi connectivity index (χ0n) is 17.2. The maximum Gasteiger partial charge on any atom is 0.296 e. The van der Waals surface area contributed by atoms with Gasteiger partial charge in [-0.05, 0) is 49.4 Å². The largest absolute Gasteiger partial charge is 0.296 e. The topological polar surface area (TPSA) is 64.3 Å². The van der Waals surface area contributed by atoms with Crippen LogP contribution in [0.4, 0.5) is 10.1 Å². The summed E-state index contributed by atoms with van der Waals surface area (Å²) in [6, 6.07) is 13.5. The predicted octanol–water partition coefficient (Wildman–Crippen LogP) is 3.47. The van der Waals surface area contributed by atoms with Crippen LogP contribution in [0.15, 0.2) is 53.3 Å². The van der Waals surface area contributed by atoms with Gasteiger partial charge in [-0.3, -0.25) is 13.8 Å². The average molecular weight is 430 g/mol. The molecule has 8 heteroatoms. The van der Waals surface area contributed by atoms with Crippen LogP contribution in [0.25, 0.3) is 5.69 Å². The highest BCUT2D eigenvalue weighted by Crippen LogP contribution is 2.40. The Kier molecular flexibility index (Phi) is 5.05. The lowest BCUT2D eigenvalue weighted by molar-refractivity contribution is 0.585. The van der Waals surface area contributed by atoms with E-state index in [1.807, 2.05) is 24.3 Å². The number of hydrogen-bond acceptors (Lipinski definition) is 3. The molecule has 1 aliphatic rings. The molecule has 6 nitrogen and oxygen atoms in total. The molecule has 0 radical (unpaired) electrons. The van der Waals surface area contributed by atoms with Gasteiger partial charge in [0.15, 0.2) is 0 Å². The Hall–Kier alpha value is -2.87. The van der Waals surface area contributed by atoms with Gasteiger partial charge in [-0.15, -0.1) is 0 Å². The van der Waals surface area contributed by atoms with Gasteiger partial charge in [0.1, 0.15) is 11.5 Å². The van der Waals surface area contributed by atoms with Crippen molar-refractivity contribution in [3.8, 4) is 5.69 Å². The highest BCUT2D eigenvalue weighted by molar-refractivity contribution is 7.92. The summed E-state index contributed by atoms with van der Waals surface area (Å²) in [7, 11) is -0.903. The molecule has 0 amide bonds. The van der Waals surface area contributed by atoms with Crippen molar-refractivity contribution in [1.29, 1.82) is 0 Å². The van der Waals surface area contributed by atoms with Gasteiger partial charge in [0, 0.05) is 19.7 Å². The van der Waals surface area contributed by atoms with E-state index in [-0.39, 0.29) is 11.3 Å². The molecule has 2 aromatic carbocycles. The summed E-state index contributed by atoms with van der Waals surface area (Å²) in [5.41, 5.74) is 2.08. The van der Waals surface area contributed by atoms with Gasteiger partial charge in [-0.1, -0.05) is 30.3 Å². The van der Waals surface area contributed by atoms with E-state index in [0.717, 1.165) is 17.1 Å². The molecule has 1 aliphatic carbocycles. The van der Waals surface area contributed by atoms with Crippen molar-refractivity contribution in [3.63, 3.8) is 0 Å². The molecule has 1 saturated carbocycles. The summed E-state index contributed by atoms with van der Waals surface area (Å²) in [6.45, 7) is 1.70. The third-order valence-electron chi connectivity index (χ3n) is 5.71. The van der Waals surface area contributed by atoms with E-state index in [1.165, 1.54) is 35.5 Å². The molecule has 1 aromatic heterocycles. The van der Waals surface area contributed by atoms with Crippen molar-refractivity contribution in [2.24, 2.45) is 7.05 Å². The highest BCUT2D eigenvalue weighted by Gasteiger charge is 2.29. The second-order valence-electron chi connectivity index (χ2n) is 7.76. The Bertz CT molecular complexity index is 1270. The van der Waals surface area contributed by atoms with Gasteiger partial charge in [0.2, 0.25) is 10.0 Å². The van der Waals surface area contributed by atoms with Gasteiger partial charge < -0.3 is 0 Å². The maximum absolute atomic E-state index is 14.0. The fraction of sp³-hybridized carbons (Fsp3) is 0.318. The Morgan fingerprint density at radius 3 is 2.50 bits per heavy atom. The summed E-state index contributed by atoms with van der Waals surface area (Å²) in [6.07, 6.45) is 2.29. The lowest BCUT2D eigenvalue weighted by atomic mass is 10.1. The average Bonchev–Trinajstić information content (AvgIpc) is 3.52. The van der Waals surface area contributed by atoms with E-state index >= 15 is 0 Å². The zero-order chi connectivity index (χ0) is 21.6. The van der Waals surface area contributed by atoms with Crippen molar-refractivity contribution < 1.29 is 12.8 Å². The van der Waals surface area contributed by atoms with Crippen molar-refractivity contribution in [1.82, 2.24) is 9.36 Å². The SMILES string of the molecule is Cc1c(N(C)S(=O)(=O)Cc2ccccc2F)c(=O)n(-c2cccc(C3CC3)c2)n1C. The van der Waals surface area contributed by atoms with Crippen molar-refractivity contribution in [2.75, 3.05) is 11.4 Å². The Morgan fingerprint density at radius 1 is 1.13 bits per heavy atom. The first kappa shape index (κ1) is 20.4. The summed E-state index contributed by atoms with van der Waals surface area (Å²) in [4.78, 5) is 13.3. The summed E-state index contributed by atoms with van der Waals surface area (Å²) < 4.78 is 44.0. The second kappa shape index (κ2) is 7.43. The number of nitrogens with zero attached hydrogens (tertiary/aromatic N) is 3. The molecule has 4 rings (SSSR count). The number of sulfonamides is 1. The zero-order valence-corrected chi connectivity index (χ0v) is 18.0. The quantitative estimate of drug-likeness (QED) is 0.603. The number of benzene rings is 2. The van der Waals surface area contributed by atoms with Gasteiger partial charge in [-0.2, -0.15) is 0 Å². The minimum absolute atomic E-state index is 0.0608. The minimum Gasteiger partial charge on any atom is -0.283 e. The van der Waals surface area contributed by atoms with Crippen LogP contribution in [0.5, 0.6) is 0 Å². The molecule has 0 N–H and O–H groups in total. The van der Waals surface area contributed by atoms with Crippen LogP contribution in [0.1, 0.15) is 35.6 Å². The summed E-state index contributed by atoms with van der Waals surface area (Å²) in [5, 5.41) is 0. The first-order chi connectivity index (χ1) is 14.2. The first-order valence-electron chi connectivity index (χ1n) is 9.79. The third kappa shape index (κ3) is 3.56. The standard InChI is InChI=1S/C22H24FN3O3S/c1-15-21(25(3)30(28,29)14-18-7-4-5-10-20(18)23)22(27)26(24(15)2)19-9-6-8-17(13-19)16-11-12-16/h4-10,13,16H,11-12,14H2,1-3H3. The molecule has 0 saturated heterocycles. The van der Waals surface area contributed by atoms with Gasteiger partial charge in [-0.25, -0.2) is 17.5 Å². The van der Waals surface area contributed by atoms with E-state index < -0.39 is 27.2 Å². The van der Waals surface area contributed by atoms with E-state index in [9.17, 15) is 17.6 Å². The van der Waals surface area contributed by atoms with Crippen LogP contribution in [0.3, 0.4) is 0 Å². The molecule has 1 heterocycles. The number of aromatic nitrogens is 2. The van der Waals surface area contributed by atoms with E-state index in [1.54, 1.807) is 24.7 Å². The Balaban J connectivity index is 1.75. The maximum atomic E-state index is 14.0. The lowest BCUT2D eigenvalue weighted by Crippen LogP contribution is -2.32. The molecule has 158 valence electrons. The van der Waals surface area contributed by atoms with Crippen molar-refractivity contribution in [2.45, 2.75) is 31.4 Å². The van der Waals surface area contributed by atoms with Crippen molar-refractivity contribution in [3.05, 3.63) is 81.5 Å². The van der Waals surface area contributed by atoms with Crippen LogP contribution >= 0.6 is 0 Å². The molecule has 30 heavy (non-hydrogen) atoms. The van der Waals surface area contributed by atoms with Crippen LogP contribution < -0.4 is 9.86 Å². The third-order valence-corrected chi connectivity index (χ3v) is 7.41. The van der Waals surface area contributed by atoms with E-state index in [4.69, 9.17) is 0 Å². The number of anilines is 1. The van der Waals surface area contributed by atoms with Crippen molar-refractivity contribution >= 4 is 15.7 Å². The molecule has 0 atom stereocenters. The van der Waals surface area contributed by atoms with Crippen LogP contribution in [-0.2, 0) is 22.8 Å². The lowest BCUT2D eigenvalue weighted by Gasteiger charge is -2.18. The predicted molar refractivity (Wildman–Crippen MR) is 115 cm³/mol. The van der Waals surface area contributed by atoms with E-state index in [2.05, 4.69) is 0 Å². The molecule has 0 unspecified atom stereocenters. The minimum atomic E-state index is -3.96. The molecular formula is C22H24FN3O3S. The van der Waals surface area contributed by atoms with Gasteiger partial charge in [0.05, 0.1) is 17.1 Å². The fourth-order valence-electron chi connectivity index (χ4n) is 3.72. The van der Waals surface area contributed by atoms with Crippen LogP contribution in [-0.4, -0.2) is 24.8 Å². The summed E-state index contributed by atoms with van der Waals surface area (Å²) in [5.74, 6) is -0.583. The molecule has 0 bridgehead atoms. The molecular weight excluding hydrogens is 405 g/mol. The van der Waals surface area contributed by atoms with Crippen LogP contribution in [0.2, 0.25) is 0 Å².